The summed E-state index contributed by atoms with van der Waals surface area (Å²) in [5.41, 5.74) is 2.50. The van der Waals surface area contributed by atoms with Crippen molar-refractivity contribution in [1.29, 1.82) is 0 Å². The van der Waals surface area contributed by atoms with Crippen LogP contribution in [0.3, 0.4) is 0 Å². The largest absolute Gasteiger partial charge is 0.305 e. The zero-order chi connectivity index (χ0) is 12.7. The Bertz CT molecular complexity index is 562. The van der Waals surface area contributed by atoms with E-state index in [1.807, 2.05) is 6.07 Å². The smallest absolute Gasteiger partial charge is 0.234 e. The predicted octanol–water partition coefficient (Wildman–Crippen LogP) is 1.51. The average molecular weight is 243 g/mol. The molecule has 0 unspecified atom stereocenters. The van der Waals surface area contributed by atoms with E-state index in [9.17, 15) is 14.4 Å². The highest BCUT2D eigenvalue weighted by Crippen LogP contribution is 2.27. The van der Waals surface area contributed by atoms with Crippen molar-refractivity contribution in [3.8, 4) is 0 Å². The molecule has 1 fully saturated rings. The molecule has 1 aromatic rings. The highest BCUT2D eigenvalue weighted by Gasteiger charge is 2.29. The lowest BCUT2D eigenvalue weighted by Gasteiger charge is -2.19. The van der Waals surface area contributed by atoms with Crippen LogP contribution in [-0.4, -0.2) is 24.0 Å². The van der Waals surface area contributed by atoms with Gasteiger partial charge in [0.15, 0.2) is 11.6 Å². The average Bonchev–Trinajstić information content (AvgIpc) is 2.68. The zero-order valence-electron chi connectivity index (χ0n) is 9.94. The second-order valence-electron chi connectivity index (χ2n) is 4.81. The normalized spacial score (nSPS) is 19.3. The standard InChI is InChI=1S/C14H13NO3/c16-11-7-14(18)15(8-11)10-4-5-12-9(6-10)2-1-3-13(12)17/h4-6H,1-3,7-8H2. The van der Waals surface area contributed by atoms with Gasteiger partial charge in [-0.3, -0.25) is 14.4 Å². The van der Waals surface area contributed by atoms with Crippen molar-refractivity contribution < 1.29 is 14.4 Å². The van der Waals surface area contributed by atoms with Crippen molar-refractivity contribution in [2.45, 2.75) is 25.7 Å². The summed E-state index contributed by atoms with van der Waals surface area (Å²) < 4.78 is 0. The number of Topliss-reactive ketones (excluding diaryl/α,β-unsaturated/α-hetero) is 2. The molecular formula is C14H13NO3. The Morgan fingerprint density at radius 3 is 2.61 bits per heavy atom. The maximum Gasteiger partial charge on any atom is 0.234 e. The highest BCUT2D eigenvalue weighted by atomic mass is 16.2. The third-order valence-electron chi connectivity index (χ3n) is 3.53. The molecule has 3 rings (SSSR count). The van der Waals surface area contributed by atoms with Crippen LogP contribution in [0.15, 0.2) is 18.2 Å². The lowest BCUT2D eigenvalue weighted by Crippen LogP contribution is -2.25. The number of hydrogen-bond donors (Lipinski definition) is 0. The van der Waals surface area contributed by atoms with Crippen LogP contribution in [0, 0.1) is 0 Å². The molecule has 1 saturated heterocycles. The van der Waals surface area contributed by atoms with Crippen molar-refractivity contribution in [2.75, 3.05) is 11.4 Å². The molecule has 92 valence electrons. The molecule has 2 aliphatic rings. The van der Waals surface area contributed by atoms with E-state index in [0.29, 0.717) is 6.42 Å². The van der Waals surface area contributed by atoms with Crippen molar-refractivity contribution in [3.05, 3.63) is 29.3 Å². The van der Waals surface area contributed by atoms with E-state index in [1.54, 1.807) is 12.1 Å². The number of anilines is 1. The monoisotopic (exact) mass is 243 g/mol. The first-order chi connectivity index (χ1) is 8.65. The number of aryl methyl sites for hydroxylation is 1. The molecule has 1 heterocycles. The summed E-state index contributed by atoms with van der Waals surface area (Å²) in [7, 11) is 0. The third-order valence-corrected chi connectivity index (χ3v) is 3.53. The van der Waals surface area contributed by atoms with E-state index in [-0.39, 0.29) is 30.4 Å². The Kier molecular flexibility index (Phi) is 2.51. The second-order valence-corrected chi connectivity index (χ2v) is 4.81. The third kappa shape index (κ3) is 1.74. The number of ketones is 2. The van der Waals surface area contributed by atoms with Crippen molar-refractivity contribution in [2.24, 2.45) is 0 Å². The molecular weight excluding hydrogens is 230 g/mol. The molecule has 1 aliphatic heterocycles. The summed E-state index contributed by atoms with van der Waals surface area (Å²) in [5.74, 6) is -0.0255. The Morgan fingerprint density at radius 1 is 1.06 bits per heavy atom. The van der Waals surface area contributed by atoms with Gasteiger partial charge in [-0.2, -0.15) is 0 Å². The van der Waals surface area contributed by atoms with E-state index in [1.165, 1.54) is 4.90 Å². The minimum atomic E-state index is -0.151. The predicted molar refractivity (Wildman–Crippen MR) is 65.7 cm³/mol. The Balaban J connectivity index is 1.97. The van der Waals surface area contributed by atoms with Gasteiger partial charge in [-0.15, -0.1) is 0 Å². The first-order valence-electron chi connectivity index (χ1n) is 6.13. The van der Waals surface area contributed by atoms with Crippen LogP contribution in [0.4, 0.5) is 5.69 Å². The van der Waals surface area contributed by atoms with Gasteiger partial charge in [0.1, 0.15) is 0 Å². The fraction of sp³-hybridized carbons (Fsp3) is 0.357. The van der Waals surface area contributed by atoms with Crippen LogP contribution >= 0.6 is 0 Å². The molecule has 0 atom stereocenters. The number of nitrogens with zero attached hydrogens (tertiary/aromatic N) is 1. The van der Waals surface area contributed by atoms with Crippen LogP contribution in [0.25, 0.3) is 0 Å². The molecule has 0 saturated carbocycles. The summed E-state index contributed by atoms with van der Waals surface area (Å²) in [6.45, 7) is 0.158. The molecule has 4 heteroatoms. The molecule has 0 N–H and O–H groups in total. The van der Waals surface area contributed by atoms with Gasteiger partial charge in [0.05, 0.1) is 13.0 Å². The van der Waals surface area contributed by atoms with Gasteiger partial charge >= 0.3 is 0 Å². The Hall–Kier alpha value is -1.97. The molecule has 0 radical (unpaired) electrons. The van der Waals surface area contributed by atoms with E-state index in [4.69, 9.17) is 0 Å². The van der Waals surface area contributed by atoms with E-state index in [2.05, 4.69) is 0 Å². The maximum absolute atomic E-state index is 11.7. The minimum absolute atomic E-state index is 0.00395. The van der Waals surface area contributed by atoms with Gasteiger partial charge in [-0.1, -0.05) is 0 Å². The second kappa shape index (κ2) is 4.05. The van der Waals surface area contributed by atoms with Crippen molar-refractivity contribution in [3.63, 3.8) is 0 Å². The number of benzene rings is 1. The van der Waals surface area contributed by atoms with E-state index < -0.39 is 0 Å². The number of hydrogen-bond acceptors (Lipinski definition) is 3. The van der Waals surface area contributed by atoms with Gasteiger partial charge < -0.3 is 4.90 Å². The molecule has 1 aliphatic carbocycles. The molecule has 0 aromatic heterocycles. The van der Waals surface area contributed by atoms with Gasteiger partial charge in [0.25, 0.3) is 0 Å². The van der Waals surface area contributed by atoms with Crippen LogP contribution in [-0.2, 0) is 16.0 Å². The first-order valence-corrected chi connectivity index (χ1v) is 6.13. The zero-order valence-corrected chi connectivity index (χ0v) is 9.94. The number of fused-ring (bicyclic) bond motifs is 1. The number of carbonyl (C=O) groups is 3. The topological polar surface area (TPSA) is 54.5 Å². The molecule has 1 aromatic carbocycles. The summed E-state index contributed by atoms with van der Waals surface area (Å²) in [6, 6.07) is 5.42. The number of rotatable bonds is 1. The van der Waals surface area contributed by atoms with Gasteiger partial charge in [0, 0.05) is 17.7 Å². The van der Waals surface area contributed by atoms with Crippen LogP contribution in [0.1, 0.15) is 35.2 Å². The molecule has 18 heavy (non-hydrogen) atoms. The Labute approximate surface area is 105 Å². The summed E-state index contributed by atoms with van der Waals surface area (Å²) in [6.07, 6.45) is 2.33. The van der Waals surface area contributed by atoms with Gasteiger partial charge in [-0.05, 0) is 36.6 Å². The minimum Gasteiger partial charge on any atom is -0.305 e. The quantitative estimate of drug-likeness (QED) is 0.702. The van der Waals surface area contributed by atoms with Gasteiger partial charge in [-0.25, -0.2) is 0 Å². The maximum atomic E-state index is 11.7. The number of carbonyl (C=O) groups excluding carboxylic acids is 3. The lowest BCUT2D eigenvalue weighted by atomic mass is 9.90. The van der Waals surface area contributed by atoms with Crippen molar-refractivity contribution in [1.82, 2.24) is 0 Å². The molecule has 0 bridgehead atoms. The first kappa shape index (κ1) is 11.1. The summed E-state index contributed by atoms with van der Waals surface area (Å²) in [4.78, 5) is 36.1. The Morgan fingerprint density at radius 2 is 1.89 bits per heavy atom. The lowest BCUT2D eigenvalue weighted by molar-refractivity contribution is -0.121. The molecule has 1 amide bonds. The van der Waals surface area contributed by atoms with Crippen LogP contribution in [0.5, 0.6) is 0 Å². The van der Waals surface area contributed by atoms with Crippen LogP contribution in [0.2, 0.25) is 0 Å². The van der Waals surface area contributed by atoms with Gasteiger partial charge in [0.2, 0.25) is 5.91 Å². The van der Waals surface area contributed by atoms with Crippen molar-refractivity contribution >= 4 is 23.2 Å². The fourth-order valence-corrected chi connectivity index (χ4v) is 2.62. The van der Waals surface area contributed by atoms with Crippen LogP contribution < -0.4 is 4.90 Å². The summed E-state index contributed by atoms with van der Waals surface area (Å²) >= 11 is 0. The van der Waals surface area contributed by atoms with E-state index >= 15 is 0 Å². The fourth-order valence-electron chi connectivity index (χ4n) is 2.62. The summed E-state index contributed by atoms with van der Waals surface area (Å²) in [5, 5.41) is 0. The highest BCUT2D eigenvalue weighted by molar-refractivity contribution is 6.15. The molecule has 4 nitrogen and oxygen atoms in total. The number of amides is 1. The molecule has 0 spiro atoms. The SMILES string of the molecule is O=C1CC(=O)N(c2ccc3c(c2)CCCC3=O)C1. The van der Waals surface area contributed by atoms with E-state index in [0.717, 1.165) is 29.7 Å².